The smallest absolute Gasteiger partial charge is 0.274 e. The van der Waals surface area contributed by atoms with Gasteiger partial charge in [0, 0.05) is 44.0 Å². The Kier molecular flexibility index (Phi) is 5.56. The van der Waals surface area contributed by atoms with E-state index in [9.17, 15) is 4.79 Å². The number of imidazole rings is 1. The highest BCUT2D eigenvalue weighted by molar-refractivity contribution is 6.30. The molecule has 2 unspecified atom stereocenters. The van der Waals surface area contributed by atoms with Crippen LogP contribution < -0.4 is 5.32 Å². The normalized spacial score (nSPS) is 23.2. The molecule has 0 radical (unpaired) electrons. The second-order valence-electron chi connectivity index (χ2n) is 8.10. The van der Waals surface area contributed by atoms with Crippen molar-refractivity contribution in [1.29, 1.82) is 0 Å². The van der Waals surface area contributed by atoms with Gasteiger partial charge in [0.1, 0.15) is 11.3 Å². The Morgan fingerprint density at radius 3 is 2.86 bits per heavy atom. The minimum Gasteiger partial charge on any atom is -0.336 e. The molecule has 5 rings (SSSR count). The van der Waals surface area contributed by atoms with E-state index in [4.69, 9.17) is 11.6 Å². The average molecular weight is 431 g/mol. The molecule has 3 aromatic rings. The van der Waals surface area contributed by atoms with Crippen LogP contribution in [0.3, 0.4) is 0 Å². The number of pyridine rings is 1. The topological polar surface area (TPSA) is 49.6 Å². The summed E-state index contributed by atoms with van der Waals surface area (Å²) in [6.07, 6.45) is 5.71. The van der Waals surface area contributed by atoms with Gasteiger partial charge < -0.3 is 14.6 Å². The zero-order valence-corrected chi connectivity index (χ0v) is 17.6. The van der Waals surface area contributed by atoms with Crippen LogP contribution in [0.2, 0.25) is 5.02 Å². The highest BCUT2D eigenvalue weighted by Crippen LogP contribution is 2.43. The molecule has 0 bridgehead atoms. The molecule has 29 heavy (non-hydrogen) atoms. The van der Waals surface area contributed by atoms with E-state index in [2.05, 4.69) is 40.6 Å². The number of aromatic nitrogens is 2. The molecule has 2 fully saturated rings. The van der Waals surface area contributed by atoms with Gasteiger partial charge in [0.15, 0.2) is 0 Å². The number of carbonyl (C=O) groups is 1. The molecule has 1 aromatic carbocycles. The van der Waals surface area contributed by atoms with Crippen molar-refractivity contribution in [1.82, 2.24) is 19.6 Å². The van der Waals surface area contributed by atoms with Crippen molar-refractivity contribution < 1.29 is 4.79 Å². The third-order valence-electron chi connectivity index (χ3n) is 6.36. The summed E-state index contributed by atoms with van der Waals surface area (Å²) in [4.78, 5) is 19.7. The Bertz CT molecular complexity index is 1020. The third kappa shape index (κ3) is 3.75. The van der Waals surface area contributed by atoms with Crippen LogP contribution in [0.15, 0.2) is 54.9 Å². The van der Waals surface area contributed by atoms with Gasteiger partial charge >= 0.3 is 0 Å². The van der Waals surface area contributed by atoms with E-state index in [0.29, 0.717) is 16.6 Å². The minimum absolute atomic E-state index is 0. The van der Waals surface area contributed by atoms with Crippen molar-refractivity contribution >= 4 is 35.6 Å². The molecule has 0 saturated carbocycles. The van der Waals surface area contributed by atoms with Gasteiger partial charge in [-0.1, -0.05) is 41.9 Å². The monoisotopic (exact) mass is 430 g/mol. The van der Waals surface area contributed by atoms with Crippen molar-refractivity contribution in [2.45, 2.75) is 12.8 Å². The second kappa shape index (κ2) is 7.98. The summed E-state index contributed by atoms with van der Waals surface area (Å²) in [6, 6.07) is 14.3. The maximum atomic E-state index is 13.1. The van der Waals surface area contributed by atoms with E-state index in [-0.39, 0.29) is 23.7 Å². The van der Waals surface area contributed by atoms with Crippen LogP contribution in [-0.2, 0) is 6.42 Å². The number of nitrogens with one attached hydrogen (secondary N) is 1. The first-order valence-corrected chi connectivity index (χ1v) is 10.2. The van der Waals surface area contributed by atoms with Crippen molar-refractivity contribution in [3.63, 3.8) is 0 Å². The summed E-state index contributed by atoms with van der Waals surface area (Å²) in [6.45, 7) is 3.56. The predicted octanol–water partition coefficient (Wildman–Crippen LogP) is 3.70. The van der Waals surface area contributed by atoms with Crippen molar-refractivity contribution in [3.8, 4) is 0 Å². The molecule has 2 aromatic heterocycles. The van der Waals surface area contributed by atoms with Gasteiger partial charge in [0.2, 0.25) is 0 Å². The Labute approximate surface area is 181 Å². The van der Waals surface area contributed by atoms with Gasteiger partial charge in [-0.2, -0.15) is 0 Å². The number of benzene rings is 1. The van der Waals surface area contributed by atoms with E-state index < -0.39 is 0 Å². The lowest BCUT2D eigenvalue weighted by atomic mass is 9.76. The molecule has 2 aliphatic heterocycles. The van der Waals surface area contributed by atoms with E-state index in [1.165, 1.54) is 5.56 Å². The molecule has 0 spiro atoms. The highest BCUT2D eigenvalue weighted by atomic mass is 35.5. The Hall–Kier alpha value is -2.08. The summed E-state index contributed by atoms with van der Waals surface area (Å²) < 4.78 is 1.82. The molecule has 7 heteroatoms. The van der Waals surface area contributed by atoms with Crippen molar-refractivity contribution in [2.24, 2.45) is 11.3 Å². The number of likely N-dealkylation sites (tertiary alicyclic amines) is 1. The SMILES string of the molecule is Cl.O=C(c1cn2cc(Cl)ccc2n1)N1CC2CNCC2(CCc2ccccc2)C1. The maximum absolute atomic E-state index is 13.1. The number of aryl methyl sites for hydroxylation is 1. The Morgan fingerprint density at radius 1 is 1.21 bits per heavy atom. The number of amides is 1. The maximum Gasteiger partial charge on any atom is 0.274 e. The van der Waals surface area contributed by atoms with Gasteiger partial charge in [-0.25, -0.2) is 4.98 Å². The number of hydrogen-bond acceptors (Lipinski definition) is 3. The van der Waals surface area contributed by atoms with E-state index in [1.54, 1.807) is 18.5 Å². The van der Waals surface area contributed by atoms with Crippen LogP contribution in [0.4, 0.5) is 0 Å². The standard InChI is InChI=1S/C22H23ClN4O.ClH/c23-18-6-7-20-25-19(13-26(20)12-18)21(28)27-11-17-10-24-14-22(17,15-27)9-8-16-4-2-1-3-5-16;/h1-7,12-13,17,24H,8-11,14-15H2;1H. The summed E-state index contributed by atoms with van der Waals surface area (Å²) >= 11 is 6.05. The third-order valence-corrected chi connectivity index (χ3v) is 6.58. The number of hydrogen-bond donors (Lipinski definition) is 1. The predicted molar refractivity (Wildman–Crippen MR) is 117 cm³/mol. The van der Waals surface area contributed by atoms with E-state index in [1.807, 2.05) is 15.4 Å². The Balaban J connectivity index is 0.00000205. The second-order valence-corrected chi connectivity index (χ2v) is 8.54. The summed E-state index contributed by atoms with van der Waals surface area (Å²) in [7, 11) is 0. The fourth-order valence-corrected chi connectivity index (χ4v) is 4.97. The summed E-state index contributed by atoms with van der Waals surface area (Å²) in [5.41, 5.74) is 2.76. The fraction of sp³-hybridized carbons (Fsp3) is 0.364. The molecule has 5 nitrogen and oxygen atoms in total. The lowest BCUT2D eigenvalue weighted by Gasteiger charge is -2.28. The van der Waals surface area contributed by atoms with Crippen LogP contribution in [0.5, 0.6) is 0 Å². The van der Waals surface area contributed by atoms with Gasteiger partial charge in [-0.05, 0) is 36.5 Å². The van der Waals surface area contributed by atoms with Crippen LogP contribution in [0.25, 0.3) is 5.65 Å². The quantitative estimate of drug-likeness (QED) is 0.686. The van der Waals surface area contributed by atoms with Gasteiger partial charge in [0.25, 0.3) is 5.91 Å². The van der Waals surface area contributed by atoms with Crippen molar-refractivity contribution in [2.75, 3.05) is 26.2 Å². The van der Waals surface area contributed by atoms with E-state index >= 15 is 0 Å². The molecular formula is C22H24Cl2N4O. The first-order valence-electron chi connectivity index (χ1n) is 9.81. The van der Waals surface area contributed by atoms with Crippen LogP contribution in [0.1, 0.15) is 22.5 Å². The lowest BCUT2D eigenvalue weighted by molar-refractivity contribution is 0.0764. The molecule has 2 aliphatic rings. The molecule has 1 amide bonds. The molecule has 0 aliphatic carbocycles. The first-order chi connectivity index (χ1) is 13.6. The molecule has 1 N–H and O–H groups in total. The van der Waals surface area contributed by atoms with Gasteiger partial charge in [-0.3, -0.25) is 4.79 Å². The van der Waals surface area contributed by atoms with Crippen molar-refractivity contribution in [3.05, 3.63) is 71.1 Å². The Morgan fingerprint density at radius 2 is 2.03 bits per heavy atom. The number of rotatable bonds is 4. The average Bonchev–Trinajstić information content (AvgIpc) is 3.38. The molecule has 152 valence electrons. The molecule has 4 heterocycles. The van der Waals surface area contributed by atoms with Crippen LogP contribution >= 0.6 is 24.0 Å². The zero-order chi connectivity index (χ0) is 19.1. The largest absolute Gasteiger partial charge is 0.336 e. The zero-order valence-electron chi connectivity index (χ0n) is 16.1. The van der Waals surface area contributed by atoms with E-state index in [0.717, 1.165) is 44.7 Å². The van der Waals surface area contributed by atoms with Gasteiger partial charge in [-0.15, -0.1) is 12.4 Å². The minimum atomic E-state index is 0. The van der Waals surface area contributed by atoms with Crippen LogP contribution in [0, 0.1) is 11.3 Å². The molecular weight excluding hydrogens is 407 g/mol. The van der Waals surface area contributed by atoms with Crippen LogP contribution in [-0.4, -0.2) is 46.4 Å². The lowest BCUT2D eigenvalue weighted by Crippen LogP contribution is -2.36. The molecule has 2 saturated heterocycles. The first kappa shape index (κ1) is 20.2. The summed E-state index contributed by atoms with van der Waals surface area (Å²) in [5.74, 6) is 0.528. The highest BCUT2D eigenvalue weighted by Gasteiger charge is 2.50. The number of fused-ring (bicyclic) bond motifs is 2. The fourth-order valence-electron chi connectivity index (χ4n) is 4.80. The number of carbonyl (C=O) groups excluding carboxylic acids is 1. The summed E-state index contributed by atoms with van der Waals surface area (Å²) in [5, 5.41) is 4.19. The number of halogens is 2. The number of nitrogens with zero attached hydrogens (tertiary/aromatic N) is 3. The van der Waals surface area contributed by atoms with Gasteiger partial charge in [0.05, 0.1) is 5.02 Å². The molecule has 2 atom stereocenters.